The molecule has 1 amide bonds. The molecule has 0 unspecified atom stereocenters. The number of anilines is 3. The maximum Gasteiger partial charge on any atom is 0.277 e. The fourth-order valence-electron chi connectivity index (χ4n) is 2.09. The quantitative estimate of drug-likeness (QED) is 0.769. The molecule has 3 heterocycles. The third-order valence-corrected chi connectivity index (χ3v) is 4.05. The number of aromatic nitrogens is 4. The number of pyridine rings is 1. The van der Waals surface area contributed by atoms with Crippen molar-refractivity contribution in [1.82, 2.24) is 19.7 Å². The summed E-state index contributed by atoms with van der Waals surface area (Å²) in [6, 6.07) is 5.40. The first-order valence-corrected chi connectivity index (χ1v) is 7.81. The van der Waals surface area contributed by atoms with Crippen molar-refractivity contribution < 1.29 is 4.79 Å². The molecule has 3 aromatic rings. The van der Waals surface area contributed by atoms with Gasteiger partial charge in [-0.05, 0) is 26.0 Å². The topological polar surface area (TPSA) is 84.7 Å². The molecule has 118 valence electrons. The predicted octanol–water partition coefficient (Wildman–Crippen LogP) is 2.88. The maximum absolute atomic E-state index is 12.5. The average Bonchev–Trinajstić information content (AvgIpc) is 3.06. The molecular formula is C15H16N6OS. The first kappa shape index (κ1) is 15.2. The number of carbonyl (C=O) groups excluding carboxylic acids is 1. The molecule has 7 nitrogen and oxygen atoms in total. The Hall–Kier alpha value is -2.74. The van der Waals surface area contributed by atoms with Crippen molar-refractivity contribution in [2.75, 3.05) is 10.6 Å². The van der Waals surface area contributed by atoms with Crippen molar-refractivity contribution in [3.63, 3.8) is 0 Å². The zero-order valence-electron chi connectivity index (χ0n) is 13.0. The average molecular weight is 328 g/mol. The minimum atomic E-state index is -0.260. The van der Waals surface area contributed by atoms with Crippen molar-refractivity contribution >= 4 is 33.8 Å². The molecule has 0 fully saturated rings. The molecule has 0 atom stereocenters. The van der Waals surface area contributed by atoms with Gasteiger partial charge in [0.1, 0.15) is 10.8 Å². The molecule has 3 aromatic heterocycles. The molecule has 0 aliphatic carbocycles. The van der Waals surface area contributed by atoms with Gasteiger partial charge in [-0.25, -0.2) is 4.98 Å². The van der Waals surface area contributed by atoms with E-state index in [0.29, 0.717) is 16.4 Å². The zero-order valence-corrected chi connectivity index (χ0v) is 13.8. The smallest absolute Gasteiger partial charge is 0.277 e. The van der Waals surface area contributed by atoms with Crippen LogP contribution in [0, 0.1) is 13.8 Å². The lowest BCUT2D eigenvalue weighted by Crippen LogP contribution is -2.14. The van der Waals surface area contributed by atoms with Crippen LogP contribution in [0.2, 0.25) is 0 Å². The lowest BCUT2D eigenvalue weighted by Gasteiger charge is -2.07. The van der Waals surface area contributed by atoms with Gasteiger partial charge in [-0.1, -0.05) is 0 Å². The van der Waals surface area contributed by atoms with Crippen molar-refractivity contribution in [2.45, 2.75) is 13.8 Å². The minimum absolute atomic E-state index is 0.260. The number of amides is 1. The van der Waals surface area contributed by atoms with E-state index in [0.717, 1.165) is 16.5 Å². The summed E-state index contributed by atoms with van der Waals surface area (Å²) in [7, 11) is 1.83. The second-order valence-corrected chi connectivity index (χ2v) is 6.22. The van der Waals surface area contributed by atoms with Crippen molar-refractivity contribution in [1.29, 1.82) is 0 Å². The molecule has 0 aliphatic rings. The fourth-order valence-corrected chi connectivity index (χ4v) is 2.92. The molecule has 0 bridgehead atoms. The number of rotatable bonds is 4. The van der Waals surface area contributed by atoms with Crippen LogP contribution >= 0.6 is 11.3 Å². The van der Waals surface area contributed by atoms with Crippen molar-refractivity contribution in [3.8, 4) is 0 Å². The van der Waals surface area contributed by atoms with Crippen molar-refractivity contribution in [2.24, 2.45) is 7.05 Å². The number of aryl methyl sites for hydroxylation is 3. The van der Waals surface area contributed by atoms with Gasteiger partial charge in [-0.15, -0.1) is 11.3 Å². The van der Waals surface area contributed by atoms with Gasteiger partial charge in [0.25, 0.3) is 5.91 Å². The van der Waals surface area contributed by atoms with Gasteiger partial charge in [0.2, 0.25) is 0 Å². The van der Waals surface area contributed by atoms with Crippen LogP contribution in [0.5, 0.6) is 0 Å². The summed E-state index contributed by atoms with van der Waals surface area (Å²) in [6.45, 7) is 3.74. The van der Waals surface area contributed by atoms with Gasteiger partial charge < -0.3 is 10.6 Å². The summed E-state index contributed by atoms with van der Waals surface area (Å²) in [5, 5.41) is 11.7. The van der Waals surface area contributed by atoms with Crippen LogP contribution in [-0.2, 0) is 7.05 Å². The molecule has 23 heavy (non-hydrogen) atoms. The number of carbonyl (C=O) groups is 1. The highest BCUT2D eigenvalue weighted by Gasteiger charge is 2.18. The Bertz CT molecular complexity index is 853. The van der Waals surface area contributed by atoms with Gasteiger partial charge in [-0.3, -0.25) is 14.5 Å². The Morgan fingerprint density at radius 2 is 2.09 bits per heavy atom. The lowest BCUT2D eigenvalue weighted by atomic mass is 10.3. The summed E-state index contributed by atoms with van der Waals surface area (Å²) < 4.78 is 1.70. The van der Waals surface area contributed by atoms with E-state index in [1.165, 1.54) is 11.3 Å². The van der Waals surface area contributed by atoms with Crippen molar-refractivity contribution in [3.05, 3.63) is 47.0 Å². The molecule has 0 radical (unpaired) electrons. The van der Waals surface area contributed by atoms with E-state index in [1.807, 2.05) is 33.0 Å². The Morgan fingerprint density at radius 1 is 1.26 bits per heavy atom. The largest absolute Gasteiger partial charge is 0.330 e. The van der Waals surface area contributed by atoms with Gasteiger partial charge in [0.15, 0.2) is 5.69 Å². The van der Waals surface area contributed by atoms with Crippen LogP contribution in [0.15, 0.2) is 30.6 Å². The molecule has 3 rings (SSSR count). The summed E-state index contributed by atoms with van der Waals surface area (Å²) in [4.78, 5) is 21.0. The van der Waals surface area contributed by atoms with E-state index in [4.69, 9.17) is 0 Å². The van der Waals surface area contributed by atoms with E-state index in [9.17, 15) is 4.79 Å². The minimum Gasteiger partial charge on any atom is -0.330 e. The molecular weight excluding hydrogens is 312 g/mol. The third-order valence-electron chi connectivity index (χ3n) is 3.17. The van der Waals surface area contributed by atoms with E-state index in [-0.39, 0.29) is 5.91 Å². The first-order valence-electron chi connectivity index (χ1n) is 6.99. The number of thiazole rings is 1. The number of nitrogens with one attached hydrogen (secondary N) is 2. The van der Waals surface area contributed by atoms with Gasteiger partial charge in [-0.2, -0.15) is 5.10 Å². The van der Waals surface area contributed by atoms with Gasteiger partial charge >= 0.3 is 0 Å². The van der Waals surface area contributed by atoms with Crippen LogP contribution in [0.4, 0.5) is 16.5 Å². The maximum atomic E-state index is 12.5. The third kappa shape index (κ3) is 3.37. The Morgan fingerprint density at radius 3 is 2.78 bits per heavy atom. The zero-order chi connectivity index (χ0) is 16.4. The van der Waals surface area contributed by atoms with Crippen LogP contribution < -0.4 is 10.6 Å². The normalized spacial score (nSPS) is 10.6. The van der Waals surface area contributed by atoms with Crippen LogP contribution in [-0.4, -0.2) is 25.7 Å². The molecule has 0 saturated carbocycles. The van der Waals surface area contributed by atoms with Crippen LogP contribution in [0.3, 0.4) is 0 Å². The Kier molecular flexibility index (Phi) is 4.07. The first-order chi connectivity index (χ1) is 11.0. The predicted molar refractivity (Wildman–Crippen MR) is 90.3 cm³/mol. The van der Waals surface area contributed by atoms with Gasteiger partial charge in [0.05, 0.1) is 11.2 Å². The summed E-state index contributed by atoms with van der Waals surface area (Å²) in [5.41, 5.74) is 1.90. The van der Waals surface area contributed by atoms with Gasteiger partial charge in [0, 0.05) is 30.7 Å². The lowest BCUT2D eigenvalue weighted by molar-refractivity contribution is 0.102. The highest BCUT2D eigenvalue weighted by Crippen LogP contribution is 2.28. The second kappa shape index (κ2) is 6.17. The highest BCUT2D eigenvalue weighted by molar-refractivity contribution is 7.16. The second-order valence-electron chi connectivity index (χ2n) is 5.02. The van der Waals surface area contributed by atoms with E-state index in [1.54, 1.807) is 23.1 Å². The highest BCUT2D eigenvalue weighted by atomic mass is 32.1. The number of nitrogens with zero attached hydrogens (tertiary/aromatic N) is 4. The monoisotopic (exact) mass is 328 g/mol. The molecule has 0 aromatic carbocycles. The Labute approximate surface area is 137 Å². The van der Waals surface area contributed by atoms with Crippen LogP contribution in [0.1, 0.15) is 21.2 Å². The van der Waals surface area contributed by atoms with E-state index in [2.05, 4.69) is 25.7 Å². The summed E-state index contributed by atoms with van der Waals surface area (Å²) >= 11 is 1.43. The Balaban J connectivity index is 1.84. The number of hydrogen-bond donors (Lipinski definition) is 2. The standard InChI is InChI=1S/C15H16N6OS/c1-9-8-11(4-6-16-9)19-14(22)13-15(23-10(2)18-13)20-12-5-7-17-21(12)3/h4-8,20H,1-3H3,(H,16,19,22). The fraction of sp³-hybridized carbons (Fsp3) is 0.200. The molecule has 0 spiro atoms. The summed E-state index contributed by atoms with van der Waals surface area (Å²) in [6.07, 6.45) is 3.35. The summed E-state index contributed by atoms with van der Waals surface area (Å²) in [5.74, 6) is 0.534. The van der Waals surface area contributed by atoms with Crippen LogP contribution in [0.25, 0.3) is 0 Å². The number of hydrogen-bond acceptors (Lipinski definition) is 6. The molecule has 0 aliphatic heterocycles. The SMILES string of the molecule is Cc1cc(NC(=O)c2nc(C)sc2Nc2ccnn2C)ccn1. The molecule has 8 heteroatoms. The molecule has 0 saturated heterocycles. The van der Waals surface area contributed by atoms with E-state index >= 15 is 0 Å². The molecule has 2 N–H and O–H groups in total. The van der Waals surface area contributed by atoms with E-state index < -0.39 is 0 Å².